The smallest absolute Gasteiger partial charge is 0.308 e. The van der Waals surface area contributed by atoms with E-state index in [-0.39, 0.29) is 25.9 Å². The van der Waals surface area contributed by atoms with Crippen molar-refractivity contribution in [3.63, 3.8) is 0 Å². The molecule has 6 nitrogen and oxygen atoms in total. The number of esters is 1. The van der Waals surface area contributed by atoms with Gasteiger partial charge in [0.05, 0.1) is 24.4 Å². The Morgan fingerprint density at radius 1 is 1.00 bits per heavy atom. The Hall–Kier alpha value is -1.59. The van der Waals surface area contributed by atoms with Crippen LogP contribution in [0.25, 0.3) is 0 Å². The predicted molar refractivity (Wildman–Crippen MR) is 60.8 cm³/mol. The molecule has 0 saturated heterocycles. The molecule has 102 valence electrons. The molecule has 1 fully saturated rings. The largest absolute Gasteiger partial charge is 0.481 e. The van der Waals surface area contributed by atoms with Gasteiger partial charge >= 0.3 is 17.9 Å². The second kappa shape index (κ2) is 6.37. The number of carbonyl (C=O) groups is 3. The van der Waals surface area contributed by atoms with Crippen LogP contribution in [0.1, 0.15) is 32.6 Å². The van der Waals surface area contributed by atoms with E-state index in [0.29, 0.717) is 6.42 Å². The molecule has 0 aromatic carbocycles. The third kappa shape index (κ3) is 3.72. The quantitative estimate of drug-likeness (QED) is 0.717. The molecule has 0 unspecified atom stereocenters. The first-order valence-corrected chi connectivity index (χ1v) is 6.08. The Labute approximate surface area is 105 Å². The molecule has 1 aliphatic rings. The van der Waals surface area contributed by atoms with Crippen molar-refractivity contribution in [1.29, 1.82) is 0 Å². The second-order valence-corrected chi connectivity index (χ2v) is 4.64. The first-order chi connectivity index (χ1) is 8.45. The van der Waals surface area contributed by atoms with Crippen LogP contribution >= 0.6 is 0 Å². The molecule has 1 aliphatic carbocycles. The van der Waals surface area contributed by atoms with E-state index in [9.17, 15) is 14.4 Å². The minimum atomic E-state index is -1.05. The second-order valence-electron chi connectivity index (χ2n) is 4.64. The fourth-order valence-corrected chi connectivity index (χ4v) is 2.24. The summed E-state index contributed by atoms with van der Waals surface area (Å²) in [6.45, 7) is 2.14. The molecular formula is C12H18O6. The topological polar surface area (TPSA) is 101 Å². The zero-order valence-electron chi connectivity index (χ0n) is 10.3. The van der Waals surface area contributed by atoms with Gasteiger partial charge in [-0.3, -0.25) is 14.4 Å². The van der Waals surface area contributed by atoms with Gasteiger partial charge in [-0.15, -0.1) is 0 Å². The average Bonchev–Trinajstić information content (AvgIpc) is 2.35. The van der Waals surface area contributed by atoms with E-state index in [1.165, 1.54) is 0 Å². The van der Waals surface area contributed by atoms with Crippen LogP contribution in [0.2, 0.25) is 0 Å². The number of carboxylic acids is 2. The summed E-state index contributed by atoms with van der Waals surface area (Å²) in [5.74, 6) is -4.75. The molecular weight excluding hydrogens is 240 g/mol. The first kappa shape index (κ1) is 14.5. The molecule has 0 aromatic heterocycles. The van der Waals surface area contributed by atoms with E-state index < -0.39 is 35.7 Å². The fraction of sp³-hybridized carbons (Fsp3) is 0.750. The molecule has 1 rings (SSSR count). The SMILES string of the molecule is CCCOC(=O)[C@@H]1C[C@H](C(=O)O)C[C@H](C(=O)O)C1. The lowest BCUT2D eigenvalue weighted by molar-refractivity contribution is -0.156. The highest BCUT2D eigenvalue weighted by molar-refractivity contribution is 5.79. The van der Waals surface area contributed by atoms with Crippen molar-refractivity contribution in [1.82, 2.24) is 0 Å². The molecule has 0 spiro atoms. The molecule has 0 heterocycles. The van der Waals surface area contributed by atoms with Crippen LogP contribution in [0.4, 0.5) is 0 Å². The van der Waals surface area contributed by atoms with Crippen molar-refractivity contribution in [3.05, 3.63) is 0 Å². The third-order valence-electron chi connectivity index (χ3n) is 3.19. The minimum absolute atomic E-state index is 0.0855. The Morgan fingerprint density at radius 3 is 1.83 bits per heavy atom. The van der Waals surface area contributed by atoms with Crippen LogP contribution in [0.15, 0.2) is 0 Å². The number of carbonyl (C=O) groups excluding carboxylic acids is 1. The third-order valence-corrected chi connectivity index (χ3v) is 3.19. The number of hydrogen-bond donors (Lipinski definition) is 2. The molecule has 0 radical (unpaired) electrons. The molecule has 0 aromatic rings. The Balaban J connectivity index is 2.69. The number of ether oxygens (including phenoxy) is 1. The average molecular weight is 258 g/mol. The number of aliphatic carboxylic acids is 2. The number of hydrogen-bond acceptors (Lipinski definition) is 4. The van der Waals surface area contributed by atoms with Crippen molar-refractivity contribution in [2.45, 2.75) is 32.6 Å². The molecule has 0 amide bonds. The molecule has 1 saturated carbocycles. The van der Waals surface area contributed by atoms with Crippen molar-refractivity contribution in [2.24, 2.45) is 17.8 Å². The van der Waals surface area contributed by atoms with E-state index in [2.05, 4.69) is 0 Å². The first-order valence-electron chi connectivity index (χ1n) is 6.08. The van der Waals surface area contributed by atoms with Crippen molar-refractivity contribution < 1.29 is 29.3 Å². The lowest BCUT2D eigenvalue weighted by Crippen LogP contribution is -2.35. The highest BCUT2D eigenvalue weighted by Crippen LogP contribution is 2.34. The minimum Gasteiger partial charge on any atom is -0.481 e. The van der Waals surface area contributed by atoms with Crippen LogP contribution in [0.5, 0.6) is 0 Å². The Bertz CT molecular complexity index is 315. The normalized spacial score (nSPS) is 27.5. The van der Waals surface area contributed by atoms with Gasteiger partial charge in [-0.2, -0.15) is 0 Å². The van der Waals surface area contributed by atoms with Gasteiger partial charge in [-0.25, -0.2) is 0 Å². The summed E-state index contributed by atoms with van der Waals surface area (Å²) in [5, 5.41) is 17.9. The zero-order valence-corrected chi connectivity index (χ0v) is 10.3. The number of rotatable bonds is 5. The zero-order chi connectivity index (χ0) is 13.7. The lowest BCUT2D eigenvalue weighted by atomic mass is 9.75. The Morgan fingerprint density at radius 2 is 1.44 bits per heavy atom. The van der Waals surface area contributed by atoms with Gasteiger partial charge in [0, 0.05) is 0 Å². The van der Waals surface area contributed by atoms with Crippen LogP contribution in [-0.4, -0.2) is 34.7 Å². The van der Waals surface area contributed by atoms with Crippen molar-refractivity contribution in [3.8, 4) is 0 Å². The van der Waals surface area contributed by atoms with E-state index >= 15 is 0 Å². The van der Waals surface area contributed by atoms with E-state index in [1.807, 2.05) is 6.92 Å². The summed E-state index contributed by atoms with van der Waals surface area (Å²) in [7, 11) is 0. The molecule has 6 heteroatoms. The Kier molecular flexibility index (Phi) is 5.12. The molecule has 0 aliphatic heterocycles. The van der Waals surface area contributed by atoms with Gasteiger partial charge in [0.15, 0.2) is 0 Å². The molecule has 2 N–H and O–H groups in total. The van der Waals surface area contributed by atoms with Crippen molar-refractivity contribution >= 4 is 17.9 Å². The maximum absolute atomic E-state index is 11.7. The molecule has 0 bridgehead atoms. The fourth-order valence-electron chi connectivity index (χ4n) is 2.24. The van der Waals surface area contributed by atoms with Crippen LogP contribution in [0, 0.1) is 17.8 Å². The molecule has 3 atom stereocenters. The van der Waals surface area contributed by atoms with E-state index in [1.54, 1.807) is 0 Å². The van der Waals surface area contributed by atoms with Crippen LogP contribution in [0.3, 0.4) is 0 Å². The summed E-state index contributed by atoms with van der Waals surface area (Å²) >= 11 is 0. The van der Waals surface area contributed by atoms with Crippen LogP contribution < -0.4 is 0 Å². The van der Waals surface area contributed by atoms with E-state index in [4.69, 9.17) is 14.9 Å². The summed E-state index contributed by atoms with van der Waals surface area (Å²) in [6.07, 6.45) is 1.11. The standard InChI is InChI=1S/C12H18O6/c1-2-3-18-12(17)9-5-7(10(13)14)4-8(6-9)11(15)16/h7-9H,2-6H2,1H3,(H,13,14)(H,15,16)/t7-,8+,9-. The van der Waals surface area contributed by atoms with Gasteiger partial charge in [0.25, 0.3) is 0 Å². The summed E-state index contributed by atoms with van der Waals surface area (Å²) < 4.78 is 4.96. The molecule has 18 heavy (non-hydrogen) atoms. The van der Waals surface area contributed by atoms with Gasteiger partial charge < -0.3 is 14.9 Å². The summed E-state index contributed by atoms with van der Waals surface area (Å²) in [6, 6.07) is 0. The summed E-state index contributed by atoms with van der Waals surface area (Å²) in [4.78, 5) is 33.6. The van der Waals surface area contributed by atoms with Gasteiger partial charge in [-0.1, -0.05) is 6.92 Å². The monoisotopic (exact) mass is 258 g/mol. The predicted octanol–water partition coefficient (Wildman–Crippen LogP) is 1.14. The lowest BCUT2D eigenvalue weighted by Gasteiger charge is -2.29. The van der Waals surface area contributed by atoms with Gasteiger partial charge in [0.2, 0.25) is 0 Å². The van der Waals surface area contributed by atoms with Crippen LogP contribution in [-0.2, 0) is 19.1 Å². The maximum Gasteiger partial charge on any atom is 0.308 e. The number of carboxylic acid groups (broad SMARTS) is 2. The summed E-state index contributed by atoms with van der Waals surface area (Å²) in [5.41, 5.74) is 0. The van der Waals surface area contributed by atoms with Gasteiger partial charge in [0.1, 0.15) is 0 Å². The van der Waals surface area contributed by atoms with Gasteiger partial charge in [-0.05, 0) is 25.7 Å². The van der Waals surface area contributed by atoms with Crippen molar-refractivity contribution in [2.75, 3.05) is 6.61 Å². The van der Waals surface area contributed by atoms with E-state index in [0.717, 1.165) is 0 Å². The highest BCUT2D eigenvalue weighted by atomic mass is 16.5. The highest BCUT2D eigenvalue weighted by Gasteiger charge is 2.39. The maximum atomic E-state index is 11.7.